The predicted molar refractivity (Wildman–Crippen MR) is 82.0 cm³/mol. The molecule has 0 radical (unpaired) electrons. The molecule has 0 bridgehead atoms. The Bertz CT molecular complexity index is 740. The minimum Gasteiger partial charge on any atom is -0.463 e. The van der Waals surface area contributed by atoms with Gasteiger partial charge in [-0.2, -0.15) is 0 Å². The van der Waals surface area contributed by atoms with Crippen molar-refractivity contribution in [1.29, 1.82) is 0 Å². The summed E-state index contributed by atoms with van der Waals surface area (Å²) in [6.07, 6.45) is 2.45. The second-order valence-electron chi connectivity index (χ2n) is 4.55. The van der Waals surface area contributed by atoms with Gasteiger partial charge in [-0.1, -0.05) is 29.8 Å². The van der Waals surface area contributed by atoms with Crippen LogP contribution in [0.25, 0.3) is 21.8 Å². The zero-order chi connectivity index (χ0) is 14.1. The van der Waals surface area contributed by atoms with Crippen LogP contribution in [0.3, 0.4) is 0 Å². The van der Waals surface area contributed by atoms with Crippen molar-refractivity contribution in [3.8, 4) is 21.8 Å². The normalized spacial score (nSPS) is 10.7. The monoisotopic (exact) mass is 283 g/mol. The van der Waals surface area contributed by atoms with Gasteiger partial charge in [-0.25, -0.2) is 0 Å². The molecule has 2 heterocycles. The maximum absolute atomic E-state index is 11.3. The lowest BCUT2D eigenvalue weighted by molar-refractivity contribution is 0.112. The molecule has 3 nitrogen and oxygen atoms in total. The number of nitrogen functional groups attached to an aromatic ring is 1. The van der Waals surface area contributed by atoms with Gasteiger partial charge >= 0.3 is 0 Å². The third kappa shape index (κ3) is 2.04. The molecule has 0 saturated carbocycles. The smallest absolute Gasteiger partial charge is 0.160 e. The van der Waals surface area contributed by atoms with Gasteiger partial charge in [-0.3, -0.25) is 4.79 Å². The van der Waals surface area contributed by atoms with E-state index in [-0.39, 0.29) is 0 Å². The van der Waals surface area contributed by atoms with E-state index >= 15 is 0 Å². The number of hydrogen-bond donors (Lipinski definition) is 1. The molecular weight excluding hydrogens is 270 g/mol. The fourth-order valence-corrected chi connectivity index (χ4v) is 3.18. The second-order valence-corrected chi connectivity index (χ2v) is 5.60. The van der Waals surface area contributed by atoms with Crippen molar-refractivity contribution < 1.29 is 9.21 Å². The summed E-state index contributed by atoms with van der Waals surface area (Å²) in [5, 5.41) is 0. The summed E-state index contributed by atoms with van der Waals surface area (Å²) in [6, 6.07) is 11.6. The Kier molecular flexibility index (Phi) is 3.16. The van der Waals surface area contributed by atoms with Gasteiger partial charge < -0.3 is 10.2 Å². The average Bonchev–Trinajstić information content (AvgIpc) is 3.07. The number of anilines is 1. The Hall–Kier alpha value is -2.33. The minimum atomic E-state index is 0.593. The highest BCUT2D eigenvalue weighted by Crippen LogP contribution is 2.43. The van der Waals surface area contributed by atoms with Crippen LogP contribution in [0.4, 0.5) is 5.69 Å². The van der Waals surface area contributed by atoms with E-state index in [2.05, 4.69) is 0 Å². The van der Waals surface area contributed by atoms with Crippen molar-refractivity contribution >= 4 is 23.3 Å². The summed E-state index contributed by atoms with van der Waals surface area (Å²) in [7, 11) is 0. The summed E-state index contributed by atoms with van der Waals surface area (Å²) >= 11 is 1.36. The molecule has 3 aromatic rings. The third-order valence-electron chi connectivity index (χ3n) is 3.16. The van der Waals surface area contributed by atoms with Gasteiger partial charge in [0.15, 0.2) is 6.29 Å². The number of aryl methyl sites for hydroxylation is 1. The summed E-state index contributed by atoms with van der Waals surface area (Å²) in [4.78, 5) is 12.7. The lowest BCUT2D eigenvalue weighted by atomic mass is 10.0. The maximum atomic E-state index is 11.3. The number of hydrogen-bond acceptors (Lipinski definition) is 4. The SMILES string of the molecule is Cc1ccc(-c2c(C=O)sc(-c3ccco3)c2N)cc1. The molecule has 0 spiro atoms. The Morgan fingerprint density at radius 2 is 1.95 bits per heavy atom. The van der Waals surface area contributed by atoms with Gasteiger partial charge in [0.05, 0.1) is 21.7 Å². The molecule has 4 heteroatoms. The average molecular weight is 283 g/mol. The van der Waals surface area contributed by atoms with Crippen LogP contribution in [0, 0.1) is 6.92 Å². The summed E-state index contributed by atoms with van der Waals surface area (Å²) in [5.74, 6) is 0.689. The zero-order valence-electron chi connectivity index (χ0n) is 10.9. The van der Waals surface area contributed by atoms with Gasteiger partial charge in [0.1, 0.15) is 5.76 Å². The Balaban J connectivity index is 2.20. The highest BCUT2D eigenvalue weighted by Gasteiger charge is 2.19. The first-order chi connectivity index (χ1) is 9.70. The number of carbonyl (C=O) groups is 1. The molecule has 2 N–H and O–H groups in total. The number of thiophene rings is 1. The minimum absolute atomic E-state index is 0.593. The van der Waals surface area contributed by atoms with Crippen LogP contribution in [0.2, 0.25) is 0 Å². The molecular formula is C16H13NO2S. The fraction of sp³-hybridized carbons (Fsp3) is 0.0625. The zero-order valence-corrected chi connectivity index (χ0v) is 11.7. The molecule has 3 rings (SSSR count). The van der Waals surface area contributed by atoms with Crippen molar-refractivity contribution in [2.24, 2.45) is 0 Å². The van der Waals surface area contributed by atoms with E-state index in [0.29, 0.717) is 16.3 Å². The van der Waals surface area contributed by atoms with Crippen LogP contribution in [0.15, 0.2) is 47.1 Å². The fourth-order valence-electron chi connectivity index (χ4n) is 2.15. The lowest BCUT2D eigenvalue weighted by Crippen LogP contribution is -1.90. The lowest BCUT2D eigenvalue weighted by Gasteiger charge is -2.03. The Morgan fingerprint density at radius 3 is 2.55 bits per heavy atom. The van der Waals surface area contributed by atoms with E-state index < -0.39 is 0 Å². The van der Waals surface area contributed by atoms with Crippen LogP contribution in [-0.2, 0) is 0 Å². The third-order valence-corrected chi connectivity index (χ3v) is 4.31. The molecule has 20 heavy (non-hydrogen) atoms. The van der Waals surface area contributed by atoms with Crippen LogP contribution in [0.5, 0.6) is 0 Å². The van der Waals surface area contributed by atoms with Crippen molar-refractivity contribution in [2.75, 3.05) is 5.73 Å². The topological polar surface area (TPSA) is 56.2 Å². The van der Waals surface area contributed by atoms with Crippen molar-refractivity contribution in [3.05, 3.63) is 53.1 Å². The van der Waals surface area contributed by atoms with Crippen LogP contribution < -0.4 is 5.73 Å². The molecule has 0 atom stereocenters. The molecule has 0 unspecified atom stereocenters. The van der Waals surface area contributed by atoms with Crippen LogP contribution >= 0.6 is 11.3 Å². The summed E-state index contributed by atoms with van der Waals surface area (Å²) < 4.78 is 5.38. The van der Waals surface area contributed by atoms with E-state index in [1.165, 1.54) is 16.9 Å². The number of nitrogens with two attached hydrogens (primary N) is 1. The molecule has 2 aromatic heterocycles. The standard InChI is InChI=1S/C16H13NO2S/c1-10-4-6-11(7-5-10)14-13(9-18)20-16(15(14)17)12-3-2-8-19-12/h2-9H,17H2,1H3. The highest BCUT2D eigenvalue weighted by molar-refractivity contribution is 7.18. The first-order valence-corrected chi connectivity index (χ1v) is 7.00. The molecule has 0 saturated heterocycles. The first-order valence-electron chi connectivity index (χ1n) is 6.19. The van der Waals surface area contributed by atoms with Crippen LogP contribution in [0.1, 0.15) is 15.2 Å². The summed E-state index contributed by atoms with van der Waals surface area (Å²) in [6.45, 7) is 2.02. The first kappa shape index (κ1) is 12.7. The van der Waals surface area contributed by atoms with E-state index in [9.17, 15) is 4.79 Å². The number of furan rings is 1. The van der Waals surface area contributed by atoms with E-state index in [1.54, 1.807) is 12.3 Å². The molecule has 0 aliphatic carbocycles. The molecule has 0 aliphatic rings. The van der Waals surface area contributed by atoms with Crippen molar-refractivity contribution in [2.45, 2.75) is 6.92 Å². The molecule has 0 fully saturated rings. The molecule has 0 amide bonds. The quantitative estimate of drug-likeness (QED) is 0.726. The highest BCUT2D eigenvalue weighted by atomic mass is 32.1. The van der Waals surface area contributed by atoms with E-state index in [4.69, 9.17) is 10.2 Å². The van der Waals surface area contributed by atoms with Gasteiger partial charge in [0.25, 0.3) is 0 Å². The van der Waals surface area contributed by atoms with E-state index in [1.807, 2.05) is 37.3 Å². The van der Waals surface area contributed by atoms with Crippen molar-refractivity contribution in [1.82, 2.24) is 0 Å². The Labute approximate surface area is 120 Å². The second kappa shape index (κ2) is 4.98. The largest absolute Gasteiger partial charge is 0.463 e. The van der Waals surface area contributed by atoms with Crippen molar-refractivity contribution in [3.63, 3.8) is 0 Å². The number of aldehydes is 1. The van der Waals surface area contributed by atoms with Gasteiger partial charge in [-0.05, 0) is 24.6 Å². The van der Waals surface area contributed by atoms with Crippen LogP contribution in [-0.4, -0.2) is 6.29 Å². The maximum Gasteiger partial charge on any atom is 0.160 e. The molecule has 100 valence electrons. The van der Waals surface area contributed by atoms with E-state index in [0.717, 1.165) is 22.3 Å². The van der Waals surface area contributed by atoms with Gasteiger partial charge in [0, 0.05) is 5.56 Å². The number of rotatable bonds is 3. The predicted octanol–water partition coefficient (Wildman–Crippen LogP) is 4.38. The Morgan fingerprint density at radius 1 is 1.20 bits per heavy atom. The summed E-state index contributed by atoms with van der Waals surface area (Å²) in [5.41, 5.74) is 9.73. The number of benzene rings is 1. The van der Waals surface area contributed by atoms with Gasteiger partial charge in [-0.15, -0.1) is 11.3 Å². The molecule has 1 aromatic carbocycles. The molecule has 0 aliphatic heterocycles. The van der Waals surface area contributed by atoms with Gasteiger partial charge in [0.2, 0.25) is 0 Å². The number of carbonyl (C=O) groups excluding carboxylic acids is 1.